The zero-order chi connectivity index (χ0) is 15.0. The molecule has 1 atom stereocenters. The molecule has 0 aromatic carbocycles. The van der Waals surface area contributed by atoms with Gasteiger partial charge in [-0.1, -0.05) is 33.6 Å². The summed E-state index contributed by atoms with van der Waals surface area (Å²) < 4.78 is 0. The van der Waals surface area contributed by atoms with Crippen LogP contribution >= 0.6 is 0 Å². The summed E-state index contributed by atoms with van der Waals surface area (Å²) in [4.78, 5) is 8.89. The molecule has 0 amide bonds. The van der Waals surface area contributed by atoms with Crippen LogP contribution in [0.4, 0.5) is 11.6 Å². The van der Waals surface area contributed by atoms with Crippen molar-refractivity contribution in [2.24, 2.45) is 5.92 Å². The van der Waals surface area contributed by atoms with Gasteiger partial charge < -0.3 is 15.7 Å². The van der Waals surface area contributed by atoms with Crippen LogP contribution in [0.1, 0.15) is 45.9 Å². The molecule has 1 heterocycles. The molecule has 0 spiro atoms. The van der Waals surface area contributed by atoms with Crippen LogP contribution in [-0.2, 0) is 6.42 Å². The van der Waals surface area contributed by atoms with Crippen LogP contribution in [0.25, 0.3) is 0 Å². The quantitative estimate of drug-likeness (QED) is 0.649. The summed E-state index contributed by atoms with van der Waals surface area (Å²) in [6, 6.07) is 1.87. The zero-order valence-electron chi connectivity index (χ0n) is 13.1. The molecule has 0 fully saturated rings. The first-order valence-electron chi connectivity index (χ1n) is 7.62. The van der Waals surface area contributed by atoms with Crippen LogP contribution in [-0.4, -0.2) is 34.8 Å². The molecule has 1 rings (SSSR count). The molecule has 0 radical (unpaired) electrons. The maximum Gasteiger partial charge on any atom is 0.133 e. The van der Waals surface area contributed by atoms with Crippen molar-refractivity contribution in [1.82, 2.24) is 9.97 Å². The molecule has 0 bridgehead atoms. The molecule has 5 heteroatoms. The Morgan fingerprint density at radius 2 is 1.80 bits per heavy atom. The van der Waals surface area contributed by atoms with Gasteiger partial charge in [0.15, 0.2) is 0 Å². The van der Waals surface area contributed by atoms with Gasteiger partial charge in [-0.15, -0.1) is 0 Å². The molecule has 0 saturated heterocycles. The maximum atomic E-state index is 10.1. The molecule has 1 aromatic rings. The van der Waals surface area contributed by atoms with Crippen molar-refractivity contribution in [2.75, 3.05) is 24.2 Å². The molecule has 0 saturated carbocycles. The van der Waals surface area contributed by atoms with E-state index in [1.165, 1.54) is 0 Å². The molecule has 0 aliphatic heterocycles. The van der Waals surface area contributed by atoms with E-state index in [1.807, 2.05) is 13.1 Å². The minimum Gasteiger partial charge on any atom is -0.391 e. The number of anilines is 2. The fourth-order valence-electron chi connectivity index (χ4n) is 2.26. The summed E-state index contributed by atoms with van der Waals surface area (Å²) in [6.45, 7) is 6.86. The predicted octanol–water partition coefficient (Wildman–Crippen LogP) is 2.68. The standard InChI is InChI=1S/C15H28N4O/c1-5-8-13-18-14(16-4)9-15(19-13)17-10-12(20)11(6-2)7-3/h9,11-12,20H,5-8,10H2,1-4H3,(H2,16,17,18,19). The lowest BCUT2D eigenvalue weighted by Gasteiger charge is -2.20. The highest BCUT2D eigenvalue weighted by atomic mass is 16.3. The van der Waals surface area contributed by atoms with E-state index < -0.39 is 0 Å². The Hall–Kier alpha value is -1.36. The van der Waals surface area contributed by atoms with E-state index in [-0.39, 0.29) is 6.10 Å². The second-order valence-corrected chi connectivity index (χ2v) is 5.08. The second-order valence-electron chi connectivity index (χ2n) is 5.08. The number of hydrogen-bond acceptors (Lipinski definition) is 5. The van der Waals surface area contributed by atoms with Gasteiger partial charge in [-0.2, -0.15) is 0 Å². The van der Waals surface area contributed by atoms with E-state index in [2.05, 4.69) is 41.4 Å². The first kappa shape index (κ1) is 16.7. The van der Waals surface area contributed by atoms with Crippen LogP contribution in [0, 0.1) is 5.92 Å². The van der Waals surface area contributed by atoms with E-state index in [0.717, 1.165) is 43.1 Å². The monoisotopic (exact) mass is 280 g/mol. The topological polar surface area (TPSA) is 70.1 Å². The van der Waals surface area contributed by atoms with Crippen LogP contribution in [0.15, 0.2) is 6.07 Å². The smallest absolute Gasteiger partial charge is 0.133 e. The molecule has 20 heavy (non-hydrogen) atoms. The minimum atomic E-state index is -0.340. The van der Waals surface area contributed by atoms with Gasteiger partial charge in [-0.3, -0.25) is 0 Å². The Balaban J connectivity index is 2.68. The number of aryl methyl sites for hydroxylation is 1. The minimum absolute atomic E-state index is 0.336. The van der Waals surface area contributed by atoms with Crippen molar-refractivity contribution in [2.45, 2.75) is 52.6 Å². The SMILES string of the molecule is CCCc1nc(NC)cc(NCC(O)C(CC)CC)n1. The van der Waals surface area contributed by atoms with Crippen LogP contribution < -0.4 is 10.6 Å². The lowest BCUT2D eigenvalue weighted by atomic mass is 9.97. The summed E-state index contributed by atoms with van der Waals surface area (Å²) >= 11 is 0. The van der Waals surface area contributed by atoms with Gasteiger partial charge >= 0.3 is 0 Å². The molecule has 114 valence electrons. The maximum absolute atomic E-state index is 10.1. The Labute approximate surface area is 122 Å². The van der Waals surface area contributed by atoms with E-state index in [0.29, 0.717) is 12.5 Å². The molecule has 0 aliphatic carbocycles. The Morgan fingerprint density at radius 1 is 1.15 bits per heavy atom. The first-order valence-corrected chi connectivity index (χ1v) is 7.62. The lowest BCUT2D eigenvalue weighted by molar-refractivity contribution is 0.114. The van der Waals surface area contributed by atoms with Crippen molar-refractivity contribution < 1.29 is 5.11 Å². The zero-order valence-corrected chi connectivity index (χ0v) is 13.1. The molecule has 0 aliphatic rings. The summed E-state index contributed by atoms with van der Waals surface area (Å²) in [5, 5.41) is 16.4. The van der Waals surface area contributed by atoms with Gasteiger partial charge in [-0.25, -0.2) is 9.97 Å². The van der Waals surface area contributed by atoms with Gasteiger partial charge in [-0.05, 0) is 12.3 Å². The van der Waals surface area contributed by atoms with E-state index in [1.54, 1.807) is 0 Å². The third kappa shape index (κ3) is 4.96. The Kier molecular flexibility index (Phi) is 7.30. The average molecular weight is 280 g/mol. The van der Waals surface area contributed by atoms with Gasteiger partial charge in [0.25, 0.3) is 0 Å². The average Bonchev–Trinajstić information content (AvgIpc) is 2.46. The highest BCUT2D eigenvalue weighted by Gasteiger charge is 2.15. The normalized spacial score (nSPS) is 12.5. The fourth-order valence-corrected chi connectivity index (χ4v) is 2.26. The molecular weight excluding hydrogens is 252 g/mol. The third-order valence-electron chi connectivity index (χ3n) is 3.59. The van der Waals surface area contributed by atoms with Crippen molar-refractivity contribution in [3.63, 3.8) is 0 Å². The number of aliphatic hydroxyl groups excluding tert-OH is 1. The third-order valence-corrected chi connectivity index (χ3v) is 3.59. The van der Waals surface area contributed by atoms with Crippen LogP contribution in [0.3, 0.4) is 0 Å². The van der Waals surface area contributed by atoms with Crippen LogP contribution in [0.5, 0.6) is 0 Å². The highest BCUT2D eigenvalue weighted by Crippen LogP contribution is 2.15. The number of hydrogen-bond donors (Lipinski definition) is 3. The van der Waals surface area contributed by atoms with Gasteiger partial charge in [0.1, 0.15) is 17.5 Å². The number of rotatable bonds is 9. The van der Waals surface area contributed by atoms with E-state index in [4.69, 9.17) is 0 Å². The lowest BCUT2D eigenvalue weighted by Crippen LogP contribution is -2.28. The van der Waals surface area contributed by atoms with Crippen molar-refractivity contribution >= 4 is 11.6 Å². The Bertz CT molecular complexity index is 393. The molecule has 1 unspecified atom stereocenters. The van der Waals surface area contributed by atoms with Gasteiger partial charge in [0, 0.05) is 26.1 Å². The molecule has 3 N–H and O–H groups in total. The number of aliphatic hydroxyl groups is 1. The largest absolute Gasteiger partial charge is 0.391 e. The number of nitrogens with zero attached hydrogens (tertiary/aromatic N) is 2. The fraction of sp³-hybridized carbons (Fsp3) is 0.733. The summed E-state index contributed by atoms with van der Waals surface area (Å²) in [7, 11) is 1.85. The summed E-state index contributed by atoms with van der Waals surface area (Å²) in [5.41, 5.74) is 0. The molecule has 5 nitrogen and oxygen atoms in total. The second kappa shape index (κ2) is 8.74. The molecular formula is C15H28N4O. The number of nitrogens with one attached hydrogen (secondary N) is 2. The van der Waals surface area contributed by atoms with Crippen molar-refractivity contribution in [3.05, 3.63) is 11.9 Å². The summed E-state index contributed by atoms with van der Waals surface area (Å²) in [6.07, 6.45) is 3.52. The van der Waals surface area contributed by atoms with Gasteiger partial charge in [0.2, 0.25) is 0 Å². The van der Waals surface area contributed by atoms with E-state index >= 15 is 0 Å². The van der Waals surface area contributed by atoms with Crippen LogP contribution in [0.2, 0.25) is 0 Å². The summed E-state index contributed by atoms with van der Waals surface area (Å²) in [5.74, 6) is 2.75. The predicted molar refractivity (Wildman–Crippen MR) is 84.1 cm³/mol. The Morgan fingerprint density at radius 3 is 2.35 bits per heavy atom. The first-order chi connectivity index (χ1) is 9.64. The van der Waals surface area contributed by atoms with Crippen molar-refractivity contribution in [1.29, 1.82) is 0 Å². The molecule has 1 aromatic heterocycles. The van der Waals surface area contributed by atoms with Gasteiger partial charge in [0.05, 0.1) is 6.10 Å². The van der Waals surface area contributed by atoms with Crippen molar-refractivity contribution in [3.8, 4) is 0 Å². The number of aromatic nitrogens is 2. The van der Waals surface area contributed by atoms with E-state index in [9.17, 15) is 5.11 Å². The highest BCUT2D eigenvalue weighted by molar-refractivity contribution is 5.47.